The summed E-state index contributed by atoms with van der Waals surface area (Å²) in [6.07, 6.45) is 1.48. The molecular weight excluding hydrogens is 322 g/mol. The molecule has 1 heterocycles. The maximum atomic E-state index is 12.5. The first kappa shape index (κ1) is 14.7. The minimum absolute atomic E-state index is 0.178. The van der Waals surface area contributed by atoms with Crippen LogP contribution in [0, 0.1) is 0 Å². The van der Waals surface area contributed by atoms with E-state index in [-0.39, 0.29) is 5.91 Å². The van der Waals surface area contributed by atoms with Crippen LogP contribution in [0.15, 0.2) is 45.6 Å². The minimum Gasteiger partial charge on any atom is -0.364 e. The lowest BCUT2D eigenvalue weighted by Gasteiger charge is -2.29. The third-order valence-electron chi connectivity index (χ3n) is 3.13. The van der Waals surface area contributed by atoms with Gasteiger partial charge in [-0.15, -0.1) is 0 Å². The zero-order valence-electron chi connectivity index (χ0n) is 11.3. The maximum Gasteiger partial charge on any atom is 0.247 e. The number of nitrogens with zero attached hydrogens (tertiary/aromatic N) is 2. The Morgan fingerprint density at radius 1 is 1.40 bits per heavy atom. The van der Waals surface area contributed by atoms with E-state index in [2.05, 4.69) is 21.1 Å². The highest BCUT2D eigenvalue weighted by atomic mass is 79.9. The van der Waals surface area contributed by atoms with Crippen LogP contribution in [0.3, 0.4) is 0 Å². The summed E-state index contributed by atoms with van der Waals surface area (Å²) in [5, 5.41) is 3.79. The first-order valence-corrected chi connectivity index (χ1v) is 6.90. The number of rotatable bonds is 4. The summed E-state index contributed by atoms with van der Waals surface area (Å²) in [4.78, 5) is 14.0. The molecule has 1 aromatic carbocycles. The SMILES string of the molecule is CN(Cc1ccon1)C(=O)C(C)(N)c1ccc(Br)cc1. The van der Waals surface area contributed by atoms with E-state index in [1.54, 1.807) is 24.9 Å². The van der Waals surface area contributed by atoms with Crippen molar-refractivity contribution in [3.05, 3.63) is 52.3 Å². The largest absolute Gasteiger partial charge is 0.364 e. The van der Waals surface area contributed by atoms with Crippen LogP contribution in [0.4, 0.5) is 0 Å². The Hall–Kier alpha value is -1.66. The standard InChI is InChI=1S/C14H16BrN3O2/c1-14(16,10-3-5-11(15)6-4-10)13(19)18(2)9-12-7-8-20-17-12/h3-8H,9,16H2,1-2H3. The lowest BCUT2D eigenvalue weighted by molar-refractivity contribution is -0.136. The molecule has 0 bridgehead atoms. The van der Waals surface area contributed by atoms with E-state index in [4.69, 9.17) is 10.3 Å². The Labute approximate surface area is 125 Å². The lowest BCUT2D eigenvalue weighted by atomic mass is 9.92. The second-order valence-corrected chi connectivity index (χ2v) is 5.78. The highest BCUT2D eigenvalue weighted by Crippen LogP contribution is 2.22. The molecule has 1 aromatic heterocycles. The van der Waals surface area contributed by atoms with E-state index in [0.717, 1.165) is 10.0 Å². The molecule has 0 aliphatic rings. The fourth-order valence-corrected chi connectivity index (χ4v) is 2.21. The normalized spacial score (nSPS) is 13.8. The molecule has 1 atom stereocenters. The zero-order chi connectivity index (χ0) is 14.8. The van der Waals surface area contributed by atoms with Gasteiger partial charge >= 0.3 is 0 Å². The first-order chi connectivity index (χ1) is 9.41. The quantitative estimate of drug-likeness (QED) is 0.928. The molecule has 0 fully saturated rings. The molecular formula is C14H16BrN3O2. The molecule has 2 rings (SSSR count). The highest BCUT2D eigenvalue weighted by Gasteiger charge is 2.33. The van der Waals surface area contributed by atoms with Gasteiger partial charge in [0.25, 0.3) is 0 Å². The van der Waals surface area contributed by atoms with Crippen LogP contribution in [0.1, 0.15) is 18.2 Å². The van der Waals surface area contributed by atoms with E-state index in [1.165, 1.54) is 6.26 Å². The monoisotopic (exact) mass is 337 g/mol. The molecule has 0 saturated heterocycles. The van der Waals surface area contributed by atoms with Gasteiger partial charge in [-0.3, -0.25) is 4.79 Å². The fraction of sp³-hybridized carbons (Fsp3) is 0.286. The van der Waals surface area contributed by atoms with Crippen molar-refractivity contribution in [3.8, 4) is 0 Å². The van der Waals surface area contributed by atoms with Crippen LogP contribution in [0.2, 0.25) is 0 Å². The van der Waals surface area contributed by atoms with Crippen molar-refractivity contribution >= 4 is 21.8 Å². The number of aromatic nitrogens is 1. The van der Waals surface area contributed by atoms with Crippen molar-refractivity contribution < 1.29 is 9.32 Å². The molecule has 1 unspecified atom stereocenters. The molecule has 106 valence electrons. The maximum absolute atomic E-state index is 12.5. The fourth-order valence-electron chi connectivity index (χ4n) is 1.95. The molecule has 6 heteroatoms. The van der Waals surface area contributed by atoms with E-state index in [1.807, 2.05) is 24.3 Å². The van der Waals surface area contributed by atoms with Crippen LogP contribution in [-0.2, 0) is 16.9 Å². The Balaban J connectivity index is 2.15. The molecule has 2 N–H and O–H groups in total. The third kappa shape index (κ3) is 3.08. The molecule has 0 aliphatic carbocycles. The topological polar surface area (TPSA) is 72.4 Å². The van der Waals surface area contributed by atoms with Gasteiger partial charge in [0, 0.05) is 17.6 Å². The van der Waals surface area contributed by atoms with Crippen molar-refractivity contribution in [2.24, 2.45) is 5.73 Å². The molecule has 1 amide bonds. The van der Waals surface area contributed by atoms with Gasteiger partial charge < -0.3 is 15.2 Å². The second-order valence-electron chi connectivity index (χ2n) is 4.86. The third-order valence-corrected chi connectivity index (χ3v) is 3.65. The summed E-state index contributed by atoms with van der Waals surface area (Å²) in [5.74, 6) is -0.178. The van der Waals surface area contributed by atoms with E-state index >= 15 is 0 Å². The Morgan fingerprint density at radius 3 is 2.60 bits per heavy atom. The molecule has 2 aromatic rings. The highest BCUT2D eigenvalue weighted by molar-refractivity contribution is 9.10. The van der Waals surface area contributed by atoms with Crippen molar-refractivity contribution in [3.63, 3.8) is 0 Å². The van der Waals surface area contributed by atoms with E-state index in [0.29, 0.717) is 12.2 Å². The van der Waals surface area contributed by atoms with Crippen LogP contribution in [-0.4, -0.2) is 23.0 Å². The van der Waals surface area contributed by atoms with Crippen LogP contribution < -0.4 is 5.73 Å². The number of hydrogen-bond acceptors (Lipinski definition) is 4. The Morgan fingerprint density at radius 2 is 2.05 bits per heavy atom. The number of nitrogens with two attached hydrogens (primary N) is 1. The summed E-state index contributed by atoms with van der Waals surface area (Å²) in [6, 6.07) is 9.13. The van der Waals surface area contributed by atoms with Gasteiger partial charge in [0.1, 0.15) is 17.5 Å². The van der Waals surface area contributed by atoms with Crippen molar-refractivity contribution in [2.45, 2.75) is 19.0 Å². The van der Waals surface area contributed by atoms with Crippen LogP contribution >= 0.6 is 15.9 Å². The number of amides is 1. The summed E-state index contributed by atoms with van der Waals surface area (Å²) < 4.78 is 5.70. The number of carbonyl (C=O) groups excluding carboxylic acids is 1. The first-order valence-electron chi connectivity index (χ1n) is 6.11. The van der Waals surface area contributed by atoms with Gasteiger partial charge in [0.15, 0.2) is 0 Å². The summed E-state index contributed by atoms with van der Waals surface area (Å²) in [7, 11) is 1.70. The average molecular weight is 338 g/mol. The number of carbonyl (C=O) groups is 1. The number of halogens is 1. The summed E-state index contributed by atoms with van der Waals surface area (Å²) in [5.41, 5.74) is 6.58. The molecule has 0 aliphatic heterocycles. The van der Waals surface area contributed by atoms with Gasteiger partial charge in [-0.1, -0.05) is 33.2 Å². The Kier molecular flexibility index (Phi) is 4.25. The zero-order valence-corrected chi connectivity index (χ0v) is 12.9. The van der Waals surface area contributed by atoms with Gasteiger partial charge in [0.2, 0.25) is 5.91 Å². The number of likely N-dealkylation sites (N-methyl/N-ethyl adjacent to an activating group) is 1. The molecule has 0 saturated carbocycles. The van der Waals surface area contributed by atoms with Gasteiger partial charge in [-0.25, -0.2) is 0 Å². The van der Waals surface area contributed by atoms with Crippen molar-refractivity contribution in [2.75, 3.05) is 7.05 Å². The van der Waals surface area contributed by atoms with E-state index in [9.17, 15) is 4.79 Å². The lowest BCUT2D eigenvalue weighted by Crippen LogP contribution is -2.49. The minimum atomic E-state index is -1.08. The predicted octanol–water partition coefficient (Wildman–Crippen LogP) is 2.27. The Bertz CT molecular complexity index is 579. The molecule has 0 radical (unpaired) electrons. The van der Waals surface area contributed by atoms with Crippen molar-refractivity contribution in [1.82, 2.24) is 10.1 Å². The molecule has 5 nitrogen and oxygen atoms in total. The number of benzene rings is 1. The van der Waals surface area contributed by atoms with Crippen LogP contribution in [0.25, 0.3) is 0 Å². The van der Waals surface area contributed by atoms with Gasteiger partial charge in [-0.05, 0) is 24.6 Å². The van der Waals surface area contributed by atoms with Gasteiger partial charge in [0.05, 0.1) is 6.54 Å². The molecule has 0 spiro atoms. The summed E-state index contributed by atoms with van der Waals surface area (Å²) >= 11 is 3.36. The van der Waals surface area contributed by atoms with E-state index < -0.39 is 5.54 Å². The second kappa shape index (κ2) is 5.76. The summed E-state index contributed by atoms with van der Waals surface area (Å²) in [6.45, 7) is 2.07. The molecule has 20 heavy (non-hydrogen) atoms. The van der Waals surface area contributed by atoms with Crippen molar-refractivity contribution in [1.29, 1.82) is 0 Å². The predicted molar refractivity (Wildman–Crippen MR) is 78.7 cm³/mol. The van der Waals surface area contributed by atoms with Gasteiger partial charge in [-0.2, -0.15) is 0 Å². The van der Waals surface area contributed by atoms with Crippen LogP contribution in [0.5, 0.6) is 0 Å². The average Bonchev–Trinajstić information content (AvgIpc) is 2.91. The smallest absolute Gasteiger partial charge is 0.247 e. The number of hydrogen-bond donors (Lipinski definition) is 1.